The van der Waals surface area contributed by atoms with Crippen LogP contribution in [0.1, 0.15) is 47.3 Å². The Kier molecular flexibility index (Phi) is 7.46. The summed E-state index contributed by atoms with van der Waals surface area (Å²) in [6, 6.07) is 9.29. The maximum Gasteiger partial charge on any atom is 0.260 e. The van der Waals surface area contributed by atoms with Crippen molar-refractivity contribution in [3.05, 3.63) is 59.4 Å². The summed E-state index contributed by atoms with van der Waals surface area (Å²) in [7, 11) is 3.03. The number of methoxy groups -OCH3 is 2. The number of alkyl halides is 2. The lowest BCUT2D eigenvalue weighted by Crippen LogP contribution is -2.45. The van der Waals surface area contributed by atoms with E-state index < -0.39 is 24.3 Å². The van der Waals surface area contributed by atoms with Crippen molar-refractivity contribution in [1.29, 1.82) is 0 Å². The molecule has 0 radical (unpaired) electrons. The van der Waals surface area contributed by atoms with Gasteiger partial charge in [0.2, 0.25) is 0 Å². The highest BCUT2D eigenvalue weighted by Gasteiger charge is 2.35. The Hall–Kier alpha value is -3.73. The summed E-state index contributed by atoms with van der Waals surface area (Å²) < 4.78 is 55.3. The average molecular weight is 530 g/mol. The Balaban J connectivity index is 1.40. The number of hydrogen-bond donors (Lipinski definition) is 3. The summed E-state index contributed by atoms with van der Waals surface area (Å²) in [5.74, 6) is 0.367. The SMILES string of the molecule is COc1ccc(C2CC(C(F)F)n3nc(-c4ccc(C(=O)N[C@H]5CCCNC5)cc4F)cc3N2)cc1OC. The predicted octanol–water partition coefficient (Wildman–Crippen LogP) is 4.55. The number of ether oxygens (including phenoxy) is 2. The maximum absolute atomic E-state index is 15.2. The first-order valence-electron chi connectivity index (χ1n) is 12.6. The molecule has 0 aliphatic carbocycles. The summed E-state index contributed by atoms with van der Waals surface area (Å²) >= 11 is 0. The molecule has 0 saturated carbocycles. The third kappa shape index (κ3) is 5.15. The first-order valence-corrected chi connectivity index (χ1v) is 12.6. The molecular formula is C27H30F3N5O3. The van der Waals surface area contributed by atoms with E-state index >= 15 is 4.39 Å². The fourth-order valence-electron chi connectivity index (χ4n) is 5.07. The smallest absolute Gasteiger partial charge is 0.260 e. The summed E-state index contributed by atoms with van der Waals surface area (Å²) in [4.78, 5) is 12.6. The van der Waals surface area contributed by atoms with Crippen LogP contribution >= 0.6 is 0 Å². The molecule has 11 heteroatoms. The van der Waals surface area contributed by atoms with Gasteiger partial charge in [-0.25, -0.2) is 17.9 Å². The molecule has 3 heterocycles. The second-order valence-electron chi connectivity index (χ2n) is 9.52. The van der Waals surface area contributed by atoms with Crippen molar-refractivity contribution in [3.63, 3.8) is 0 Å². The number of carbonyl (C=O) groups is 1. The Morgan fingerprint density at radius 3 is 2.63 bits per heavy atom. The Morgan fingerprint density at radius 2 is 1.95 bits per heavy atom. The van der Waals surface area contributed by atoms with Gasteiger partial charge in [-0.1, -0.05) is 6.07 Å². The van der Waals surface area contributed by atoms with Gasteiger partial charge in [0, 0.05) is 29.8 Å². The minimum Gasteiger partial charge on any atom is -0.493 e. The lowest BCUT2D eigenvalue weighted by atomic mass is 9.97. The number of nitrogens with zero attached hydrogens (tertiary/aromatic N) is 2. The van der Waals surface area contributed by atoms with Crippen LogP contribution in [0.3, 0.4) is 0 Å². The molecule has 2 unspecified atom stereocenters. The summed E-state index contributed by atoms with van der Waals surface area (Å²) in [5.41, 5.74) is 1.27. The van der Waals surface area contributed by atoms with Gasteiger partial charge in [-0.15, -0.1) is 0 Å². The van der Waals surface area contributed by atoms with Gasteiger partial charge in [0.05, 0.1) is 26.0 Å². The van der Waals surface area contributed by atoms with Gasteiger partial charge in [-0.3, -0.25) is 4.79 Å². The van der Waals surface area contributed by atoms with Crippen LogP contribution in [-0.4, -0.2) is 55.5 Å². The molecule has 202 valence electrons. The number of rotatable bonds is 7. The van der Waals surface area contributed by atoms with Gasteiger partial charge in [0.1, 0.15) is 17.7 Å². The van der Waals surface area contributed by atoms with Crippen LogP contribution < -0.4 is 25.4 Å². The van der Waals surface area contributed by atoms with Gasteiger partial charge in [0.25, 0.3) is 12.3 Å². The maximum atomic E-state index is 15.2. The van der Waals surface area contributed by atoms with Crippen molar-refractivity contribution < 1.29 is 27.4 Å². The van der Waals surface area contributed by atoms with E-state index in [4.69, 9.17) is 9.47 Å². The average Bonchev–Trinajstić information content (AvgIpc) is 3.36. The zero-order valence-corrected chi connectivity index (χ0v) is 21.1. The van der Waals surface area contributed by atoms with Crippen LogP contribution in [0.4, 0.5) is 19.0 Å². The molecule has 3 atom stereocenters. The first kappa shape index (κ1) is 25.9. The first-order chi connectivity index (χ1) is 18.4. The van der Waals surface area contributed by atoms with Gasteiger partial charge in [-0.05, 0) is 61.7 Å². The van der Waals surface area contributed by atoms with E-state index in [2.05, 4.69) is 21.0 Å². The van der Waals surface area contributed by atoms with Gasteiger partial charge < -0.3 is 25.4 Å². The quantitative estimate of drug-likeness (QED) is 0.416. The normalized spacial score (nSPS) is 20.9. The van der Waals surface area contributed by atoms with Crippen LogP contribution in [0, 0.1) is 5.82 Å². The van der Waals surface area contributed by atoms with Crippen molar-refractivity contribution in [2.45, 2.75) is 43.8 Å². The number of benzene rings is 2. The third-order valence-corrected chi connectivity index (χ3v) is 7.09. The van der Waals surface area contributed by atoms with Crippen molar-refractivity contribution in [2.24, 2.45) is 0 Å². The molecule has 3 aromatic rings. The van der Waals surface area contributed by atoms with Gasteiger partial charge in [-0.2, -0.15) is 5.10 Å². The number of amides is 1. The van der Waals surface area contributed by atoms with E-state index in [0.717, 1.165) is 31.0 Å². The molecule has 38 heavy (non-hydrogen) atoms. The van der Waals surface area contributed by atoms with Crippen molar-refractivity contribution in [3.8, 4) is 22.8 Å². The molecule has 0 bridgehead atoms. The lowest BCUT2D eigenvalue weighted by Gasteiger charge is -2.32. The van der Waals surface area contributed by atoms with Gasteiger partial charge >= 0.3 is 0 Å². The second kappa shape index (κ2) is 10.9. The summed E-state index contributed by atoms with van der Waals surface area (Å²) in [6.07, 6.45) is -0.790. The van der Waals surface area contributed by atoms with E-state index in [0.29, 0.717) is 23.9 Å². The van der Waals surface area contributed by atoms with Crippen molar-refractivity contribution in [2.75, 3.05) is 32.6 Å². The highest BCUT2D eigenvalue weighted by Crippen LogP contribution is 2.41. The fraction of sp³-hybridized carbons (Fsp3) is 0.407. The zero-order valence-electron chi connectivity index (χ0n) is 21.1. The lowest BCUT2D eigenvalue weighted by molar-refractivity contribution is 0.0659. The molecule has 2 aromatic carbocycles. The number of hydrogen-bond acceptors (Lipinski definition) is 6. The van der Waals surface area contributed by atoms with E-state index in [1.54, 1.807) is 24.3 Å². The predicted molar refractivity (Wildman–Crippen MR) is 137 cm³/mol. The molecule has 3 N–H and O–H groups in total. The van der Waals surface area contributed by atoms with E-state index in [9.17, 15) is 13.6 Å². The monoisotopic (exact) mass is 529 g/mol. The Bertz CT molecular complexity index is 1310. The van der Waals surface area contributed by atoms with Crippen LogP contribution in [0.2, 0.25) is 0 Å². The fourth-order valence-corrected chi connectivity index (χ4v) is 5.07. The summed E-state index contributed by atoms with van der Waals surface area (Å²) in [5, 5.41) is 13.7. The Labute approximate surface area is 218 Å². The highest BCUT2D eigenvalue weighted by atomic mass is 19.3. The topological polar surface area (TPSA) is 89.4 Å². The van der Waals surface area contributed by atoms with Crippen molar-refractivity contribution >= 4 is 11.7 Å². The minimum absolute atomic E-state index is 0.00479. The zero-order chi connectivity index (χ0) is 26.8. The van der Waals surface area contributed by atoms with Crippen LogP contribution in [0.15, 0.2) is 42.5 Å². The molecule has 0 spiro atoms. The molecule has 2 aliphatic rings. The molecule has 5 rings (SSSR count). The molecule has 1 aromatic heterocycles. The molecular weight excluding hydrogens is 499 g/mol. The third-order valence-electron chi connectivity index (χ3n) is 7.09. The standard InChI is InChI=1S/C27H30F3N5O3/c1-37-23-8-6-15(11-24(23)38-2)20-12-22(26(29)30)35-25(33-20)13-21(34-35)18-7-5-16(10-19(18)28)27(36)32-17-4-3-9-31-14-17/h5-8,10-11,13,17,20,22,26,31,33H,3-4,9,12,14H2,1-2H3,(H,32,36)/t17-,20?,22?/m0/s1. The molecule has 2 aliphatic heterocycles. The van der Waals surface area contributed by atoms with E-state index in [-0.39, 0.29) is 35.2 Å². The van der Waals surface area contributed by atoms with Crippen molar-refractivity contribution in [1.82, 2.24) is 20.4 Å². The number of halogens is 3. The molecule has 1 saturated heterocycles. The van der Waals surface area contributed by atoms with Gasteiger partial charge in [0.15, 0.2) is 11.5 Å². The molecule has 1 amide bonds. The number of nitrogens with one attached hydrogen (secondary N) is 3. The number of anilines is 1. The minimum atomic E-state index is -2.68. The molecule has 8 nitrogen and oxygen atoms in total. The number of piperidine rings is 1. The van der Waals surface area contributed by atoms with E-state index in [1.165, 1.54) is 31.0 Å². The number of aromatic nitrogens is 2. The number of carbonyl (C=O) groups excluding carboxylic acids is 1. The Morgan fingerprint density at radius 1 is 1.13 bits per heavy atom. The summed E-state index contributed by atoms with van der Waals surface area (Å²) in [6.45, 7) is 1.59. The van der Waals surface area contributed by atoms with Crippen LogP contribution in [0.25, 0.3) is 11.3 Å². The van der Waals surface area contributed by atoms with E-state index in [1.807, 2.05) is 0 Å². The second-order valence-corrected chi connectivity index (χ2v) is 9.52. The largest absolute Gasteiger partial charge is 0.493 e. The van der Waals surface area contributed by atoms with Crippen LogP contribution in [0.5, 0.6) is 11.5 Å². The highest BCUT2D eigenvalue weighted by molar-refractivity contribution is 5.95. The molecule has 1 fully saturated rings. The van der Waals surface area contributed by atoms with Crippen LogP contribution in [-0.2, 0) is 0 Å². The number of fused-ring (bicyclic) bond motifs is 1.